The Balaban J connectivity index is 1.17. The van der Waals surface area contributed by atoms with Crippen LogP contribution < -0.4 is 21.3 Å². The molecule has 7 nitrogen and oxygen atoms in total. The molecule has 0 aromatic rings. The predicted octanol–water partition coefficient (Wildman–Crippen LogP) is 1.17. The average Bonchev–Trinajstić information content (AvgIpc) is 2.69. The first-order valence-electron chi connectivity index (χ1n) is 14.2. The average molecular weight is 466 g/mol. The zero-order valence-corrected chi connectivity index (χ0v) is 21.9. The zero-order chi connectivity index (χ0) is 23.1. The third-order valence-corrected chi connectivity index (χ3v) is 8.38. The second kappa shape index (κ2) is 16.4. The van der Waals surface area contributed by atoms with E-state index in [0.717, 1.165) is 63.9 Å². The molecule has 0 spiro atoms. The summed E-state index contributed by atoms with van der Waals surface area (Å²) in [6, 6.07) is 2.53. The first-order valence-corrected chi connectivity index (χ1v) is 14.2. The van der Waals surface area contributed by atoms with Gasteiger partial charge in [-0.1, -0.05) is 19.3 Å². The van der Waals surface area contributed by atoms with E-state index in [4.69, 9.17) is 0 Å². The molecule has 33 heavy (non-hydrogen) atoms. The van der Waals surface area contributed by atoms with E-state index in [0.29, 0.717) is 0 Å². The topological polar surface area (TPSA) is 57.8 Å². The largest absolute Gasteiger partial charge is 0.318 e. The molecule has 0 aliphatic heterocycles. The molecule has 0 aromatic heterocycles. The molecular formula is C26H55N7. The van der Waals surface area contributed by atoms with Gasteiger partial charge in [0, 0.05) is 96.7 Å². The maximum atomic E-state index is 3.74. The second-order valence-electron chi connectivity index (χ2n) is 10.7. The summed E-state index contributed by atoms with van der Waals surface area (Å²) in [6.45, 7) is 13.7. The lowest BCUT2D eigenvalue weighted by atomic mass is 9.91. The Morgan fingerprint density at radius 3 is 1.30 bits per heavy atom. The summed E-state index contributed by atoms with van der Waals surface area (Å²) < 4.78 is 0. The number of hydrogen-bond donors (Lipinski definition) is 4. The predicted molar refractivity (Wildman–Crippen MR) is 141 cm³/mol. The quantitative estimate of drug-likeness (QED) is 0.190. The van der Waals surface area contributed by atoms with Crippen LogP contribution >= 0.6 is 0 Å². The van der Waals surface area contributed by atoms with Gasteiger partial charge in [0.25, 0.3) is 0 Å². The van der Waals surface area contributed by atoms with Crippen molar-refractivity contribution in [3.05, 3.63) is 0 Å². The van der Waals surface area contributed by atoms with E-state index in [2.05, 4.69) is 50.1 Å². The van der Waals surface area contributed by atoms with Crippen molar-refractivity contribution in [3.63, 3.8) is 0 Å². The molecule has 3 aliphatic rings. The van der Waals surface area contributed by atoms with Crippen LogP contribution in [0.1, 0.15) is 57.8 Å². The smallest absolute Gasteiger partial charge is 0.0110 e. The van der Waals surface area contributed by atoms with Crippen LogP contribution in [0.2, 0.25) is 0 Å². The lowest BCUT2D eigenvalue weighted by Gasteiger charge is -2.38. The summed E-state index contributed by atoms with van der Waals surface area (Å²) in [4.78, 5) is 7.96. The molecule has 0 saturated heterocycles. The third-order valence-electron chi connectivity index (χ3n) is 8.38. The van der Waals surface area contributed by atoms with Gasteiger partial charge >= 0.3 is 0 Å². The van der Waals surface area contributed by atoms with E-state index in [1.54, 1.807) is 0 Å². The van der Waals surface area contributed by atoms with Crippen LogP contribution in [0.5, 0.6) is 0 Å². The Morgan fingerprint density at radius 1 is 0.515 bits per heavy atom. The number of hydrogen-bond acceptors (Lipinski definition) is 7. The first-order chi connectivity index (χ1) is 16.3. The van der Waals surface area contributed by atoms with Crippen molar-refractivity contribution in [1.29, 1.82) is 0 Å². The highest BCUT2D eigenvalue weighted by Crippen LogP contribution is 2.25. The molecule has 0 unspecified atom stereocenters. The van der Waals surface area contributed by atoms with Crippen molar-refractivity contribution in [2.75, 3.05) is 92.6 Å². The van der Waals surface area contributed by atoms with Crippen molar-refractivity contribution < 1.29 is 0 Å². The van der Waals surface area contributed by atoms with Crippen LogP contribution in [0, 0.1) is 0 Å². The fourth-order valence-electron chi connectivity index (χ4n) is 5.20. The van der Waals surface area contributed by atoms with Gasteiger partial charge in [-0.05, 0) is 52.6 Å². The van der Waals surface area contributed by atoms with Crippen LogP contribution in [0.15, 0.2) is 0 Å². The number of nitrogens with one attached hydrogen (secondary N) is 4. The Hall–Kier alpha value is -0.280. The fourth-order valence-corrected chi connectivity index (χ4v) is 5.20. The monoisotopic (exact) mass is 465 g/mol. The maximum Gasteiger partial charge on any atom is 0.0110 e. The van der Waals surface area contributed by atoms with Crippen molar-refractivity contribution >= 4 is 0 Å². The van der Waals surface area contributed by atoms with Gasteiger partial charge in [0.15, 0.2) is 0 Å². The molecule has 3 fully saturated rings. The summed E-state index contributed by atoms with van der Waals surface area (Å²) in [5.74, 6) is 0. The maximum absolute atomic E-state index is 3.74. The summed E-state index contributed by atoms with van der Waals surface area (Å²) in [5.41, 5.74) is 0. The van der Waals surface area contributed by atoms with E-state index < -0.39 is 0 Å². The van der Waals surface area contributed by atoms with Crippen LogP contribution in [0.4, 0.5) is 0 Å². The Morgan fingerprint density at radius 2 is 0.909 bits per heavy atom. The van der Waals surface area contributed by atoms with Gasteiger partial charge in [-0.3, -0.25) is 9.80 Å². The number of rotatable bonds is 21. The van der Waals surface area contributed by atoms with Gasteiger partial charge in [0.05, 0.1) is 0 Å². The van der Waals surface area contributed by atoms with Crippen LogP contribution in [-0.4, -0.2) is 125 Å². The molecule has 0 amide bonds. The van der Waals surface area contributed by atoms with Crippen molar-refractivity contribution in [3.8, 4) is 0 Å². The molecule has 3 aliphatic carbocycles. The molecule has 4 N–H and O–H groups in total. The van der Waals surface area contributed by atoms with E-state index in [-0.39, 0.29) is 0 Å². The van der Waals surface area contributed by atoms with Gasteiger partial charge in [0.1, 0.15) is 0 Å². The molecule has 0 heterocycles. The lowest BCUT2D eigenvalue weighted by Crippen LogP contribution is -2.48. The molecule has 0 bridgehead atoms. The van der Waals surface area contributed by atoms with Gasteiger partial charge in [-0.15, -0.1) is 0 Å². The minimum atomic E-state index is 0.830. The molecule has 0 atom stereocenters. The van der Waals surface area contributed by atoms with Gasteiger partial charge in [0.2, 0.25) is 0 Å². The standard InChI is InChI=1S/C26H55N7/c1-27-14-20-32(25-8-4-9-25)22-17-30-18-23-33(26-10-5-11-26)21-16-29-13-12-28-15-19-31(2)24-6-3-7-24/h24-30H,3-23H2,1-2H3. The molecule has 0 radical (unpaired) electrons. The van der Waals surface area contributed by atoms with Crippen molar-refractivity contribution in [1.82, 2.24) is 36.0 Å². The van der Waals surface area contributed by atoms with Crippen molar-refractivity contribution in [2.45, 2.75) is 75.9 Å². The summed E-state index contributed by atoms with van der Waals surface area (Å²) in [5, 5.41) is 14.3. The van der Waals surface area contributed by atoms with Crippen LogP contribution in [-0.2, 0) is 0 Å². The van der Waals surface area contributed by atoms with E-state index in [1.807, 2.05) is 0 Å². The van der Waals surface area contributed by atoms with Crippen LogP contribution in [0.3, 0.4) is 0 Å². The van der Waals surface area contributed by atoms with Gasteiger partial charge < -0.3 is 26.2 Å². The van der Waals surface area contributed by atoms with Crippen LogP contribution in [0.25, 0.3) is 0 Å². The number of likely N-dealkylation sites (N-methyl/N-ethyl adjacent to an activating group) is 2. The summed E-state index contributed by atoms with van der Waals surface area (Å²) in [7, 11) is 4.34. The molecular weight excluding hydrogens is 410 g/mol. The third kappa shape index (κ3) is 10.1. The van der Waals surface area contributed by atoms with E-state index >= 15 is 0 Å². The van der Waals surface area contributed by atoms with E-state index in [1.165, 1.54) is 90.5 Å². The first kappa shape index (κ1) is 27.3. The highest BCUT2D eigenvalue weighted by Gasteiger charge is 2.25. The molecule has 7 heteroatoms. The highest BCUT2D eigenvalue weighted by molar-refractivity contribution is 4.82. The number of nitrogens with zero attached hydrogens (tertiary/aromatic N) is 3. The van der Waals surface area contributed by atoms with Crippen molar-refractivity contribution in [2.24, 2.45) is 0 Å². The molecule has 3 rings (SSSR count). The Labute approximate surface area is 204 Å². The summed E-state index contributed by atoms with van der Waals surface area (Å²) >= 11 is 0. The van der Waals surface area contributed by atoms with E-state index in [9.17, 15) is 0 Å². The van der Waals surface area contributed by atoms with Gasteiger partial charge in [-0.25, -0.2) is 0 Å². The highest BCUT2D eigenvalue weighted by atomic mass is 15.2. The Bertz CT molecular complexity index is 479. The lowest BCUT2D eigenvalue weighted by molar-refractivity contribution is 0.121. The minimum Gasteiger partial charge on any atom is -0.318 e. The fraction of sp³-hybridized carbons (Fsp3) is 1.00. The SMILES string of the molecule is CNCCN(CCNCCN(CCNCCNCCN(C)C1CCC1)C1CCC1)C1CCC1. The normalized spacial score (nSPS) is 19.9. The zero-order valence-electron chi connectivity index (χ0n) is 21.9. The molecule has 194 valence electrons. The minimum absolute atomic E-state index is 0.830. The Kier molecular flexibility index (Phi) is 13.6. The molecule has 3 saturated carbocycles. The van der Waals surface area contributed by atoms with Gasteiger partial charge in [-0.2, -0.15) is 0 Å². The molecule has 0 aromatic carbocycles. The second-order valence-corrected chi connectivity index (χ2v) is 10.7. The summed E-state index contributed by atoms with van der Waals surface area (Å²) in [6.07, 6.45) is 12.7.